The predicted molar refractivity (Wildman–Crippen MR) is 193 cm³/mol. The Balaban J connectivity index is 1.70. The Morgan fingerprint density at radius 3 is 1.28 bits per heavy atom. The Morgan fingerprint density at radius 1 is 0.489 bits per heavy atom. The third-order valence-corrected chi connectivity index (χ3v) is 7.23. The van der Waals surface area contributed by atoms with Gasteiger partial charge in [0.2, 0.25) is 5.90 Å². The van der Waals surface area contributed by atoms with Crippen molar-refractivity contribution in [2.75, 3.05) is 6.61 Å². The molecule has 234 valence electrons. The van der Waals surface area contributed by atoms with Crippen molar-refractivity contribution in [2.45, 2.75) is 33.1 Å². The molecule has 0 aromatic heterocycles. The first-order valence-corrected chi connectivity index (χ1v) is 15.7. The number of carbonyl (C=O) groups excluding carboxylic acids is 1. The number of rotatable bonds is 6. The number of hydrogen-bond acceptors (Lipinski definition) is 2. The highest BCUT2D eigenvalue weighted by Crippen LogP contribution is 2.22. The molecule has 0 aliphatic carbocycles. The Kier molecular flexibility index (Phi) is 10.8. The Hall–Kier alpha value is -5.75. The monoisotopic (exact) mass is 618 g/mol. The second kappa shape index (κ2) is 15.5. The van der Waals surface area contributed by atoms with Crippen molar-refractivity contribution < 1.29 is 9.53 Å². The van der Waals surface area contributed by atoms with E-state index in [0.717, 1.165) is 22.3 Å². The maximum absolute atomic E-state index is 13.6. The molecular weight excluding hydrogens is 580 g/mol. The van der Waals surface area contributed by atoms with E-state index in [2.05, 4.69) is 25.8 Å². The van der Waals surface area contributed by atoms with Crippen LogP contribution in [0.4, 0.5) is 0 Å². The first-order chi connectivity index (χ1) is 22.8. The molecule has 6 heteroatoms. The standard InChI is InChI=1S/C41H38N4O2/c1-5-47-40(34-24-16-9-17-25-34)45-38(32-22-14-8-15-23-32)43-36(30-18-10-6-11-19-30)42-37(31-20-12-7-13-21-31)44-39(46)33-26-28-35(29-27-33)41(2,3)4/h6-29H,5H2,1-4H3. The lowest BCUT2D eigenvalue weighted by atomic mass is 9.87. The van der Waals surface area contributed by atoms with E-state index in [9.17, 15) is 4.79 Å². The molecule has 0 fully saturated rings. The van der Waals surface area contributed by atoms with E-state index in [0.29, 0.717) is 35.3 Å². The van der Waals surface area contributed by atoms with E-state index in [1.54, 1.807) is 0 Å². The van der Waals surface area contributed by atoms with Crippen LogP contribution in [0.5, 0.6) is 0 Å². The third kappa shape index (κ3) is 8.92. The minimum absolute atomic E-state index is 0.0333. The summed E-state index contributed by atoms with van der Waals surface area (Å²) in [6.45, 7) is 8.77. The van der Waals surface area contributed by atoms with Crippen molar-refractivity contribution in [3.63, 3.8) is 0 Å². The van der Waals surface area contributed by atoms with E-state index in [1.807, 2.05) is 153 Å². The minimum Gasteiger partial charge on any atom is -0.477 e. The summed E-state index contributed by atoms with van der Waals surface area (Å²) in [6.07, 6.45) is 0. The van der Waals surface area contributed by atoms with Crippen LogP contribution in [0, 0.1) is 0 Å². The fourth-order valence-corrected chi connectivity index (χ4v) is 4.69. The van der Waals surface area contributed by atoms with Crippen molar-refractivity contribution in [2.24, 2.45) is 20.0 Å². The van der Waals surface area contributed by atoms with Crippen LogP contribution in [0.3, 0.4) is 0 Å². The number of hydrogen-bond donors (Lipinski definition) is 0. The molecule has 47 heavy (non-hydrogen) atoms. The fraction of sp³-hybridized carbons (Fsp3) is 0.146. The van der Waals surface area contributed by atoms with Gasteiger partial charge in [-0.05, 0) is 42.2 Å². The van der Waals surface area contributed by atoms with Gasteiger partial charge < -0.3 is 4.74 Å². The SMILES string of the molecule is CCOC(=NC(=NC(=NC(=NC(=O)c1ccc(C(C)(C)C)cc1)c1ccccc1)c1ccccc1)c1ccccc1)c1ccccc1. The molecular formula is C41H38N4O2. The van der Waals surface area contributed by atoms with Gasteiger partial charge >= 0.3 is 0 Å². The zero-order valence-corrected chi connectivity index (χ0v) is 27.2. The second-order valence-corrected chi connectivity index (χ2v) is 11.8. The van der Waals surface area contributed by atoms with Gasteiger partial charge in [-0.2, -0.15) is 9.98 Å². The first kappa shape index (κ1) is 32.6. The molecule has 0 bridgehead atoms. The van der Waals surface area contributed by atoms with E-state index in [-0.39, 0.29) is 11.3 Å². The van der Waals surface area contributed by atoms with Gasteiger partial charge in [-0.1, -0.05) is 142 Å². The zero-order valence-electron chi connectivity index (χ0n) is 27.2. The maximum atomic E-state index is 13.6. The number of carbonyl (C=O) groups is 1. The van der Waals surface area contributed by atoms with Crippen LogP contribution in [0.2, 0.25) is 0 Å². The second-order valence-electron chi connectivity index (χ2n) is 11.8. The van der Waals surface area contributed by atoms with Crippen molar-refractivity contribution in [1.82, 2.24) is 0 Å². The number of amidine groups is 3. The topological polar surface area (TPSA) is 75.7 Å². The molecule has 0 radical (unpaired) electrons. The average Bonchev–Trinajstić information content (AvgIpc) is 3.11. The quantitative estimate of drug-likeness (QED) is 0.141. The van der Waals surface area contributed by atoms with Gasteiger partial charge in [0, 0.05) is 27.8 Å². The van der Waals surface area contributed by atoms with Gasteiger partial charge in [-0.25, -0.2) is 9.98 Å². The number of amides is 1. The lowest BCUT2D eigenvalue weighted by molar-refractivity contribution is 0.100. The zero-order chi connectivity index (χ0) is 33.1. The highest BCUT2D eigenvalue weighted by atomic mass is 16.5. The van der Waals surface area contributed by atoms with Crippen LogP contribution in [0.15, 0.2) is 166 Å². The van der Waals surface area contributed by atoms with Gasteiger partial charge in [-0.3, -0.25) is 4.79 Å². The van der Waals surface area contributed by atoms with Crippen LogP contribution < -0.4 is 0 Å². The van der Waals surface area contributed by atoms with Crippen molar-refractivity contribution >= 4 is 29.3 Å². The van der Waals surface area contributed by atoms with Crippen molar-refractivity contribution in [3.05, 3.63) is 179 Å². The van der Waals surface area contributed by atoms with E-state index in [4.69, 9.17) is 19.7 Å². The molecule has 6 nitrogen and oxygen atoms in total. The van der Waals surface area contributed by atoms with Crippen LogP contribution in [-0.2, 0) is 10.2 Å². The highest BCUT2D eigenvalue weighted by molar-refractivity contribution is 6.20. The third-order valence-electron chi connectivity index (χ3n) is 7.23. The summed E-state index contributed by atoms with van der Waals surface area (Å²) < 4.78 is 6.01. The molecule has 1 amide bonds. The first-order valence-electron chi connectivity index (χ1n) is 15.7. The average molecular weight is 619 g/mol. The largest absolute Gasteiger partial charge is 0.477 e. The van der Waals surface area contributed by atoms with E-state index >= 15 is 0 Å². The summed E-state index contributed by atoms with van der Waals surface area (Å²) in [6, 6.07) is 46.1. The van der Waals surface area contributed by atoms with Gasteiger partial charge in [0.25, 0.3) is 5.91 Å². The van der Waals surface area contributed by atoms with Gasteiger partial charge in [0.1, 0.15) is 0 Å². The Morgan fingerprint density at radius 2 is 0.872 bits per heavy atom. The molecule has 0 aliphatic heterocycles. The molecule has 0 spiro atoms. The van der Waals surface area contributed by atoms with Crippen molar-refractivity contribution in [3.8, 4) is 0 Å². The Labute approximate surface area is 277 Å². The molecule has 0 unspecified atom stereocenters. The molecule has 0 heterocycles. The molecule has 5 aromatic rings. The van der Waals surface area contributed by atoms with Crippen LogP contribution >= 0.6 is 0 Å². The maximum Gasteiger partial charge on any atom is 0.279 e. The van der Waals surface area contributed by atoms with Gasteiger partial charge in [0.05, 0.1) is 6.61 Å². The summed E-state index contributed by atoms with van der Waals surface area (Å²) in [5.74, 6) is 1.03. The van der Waals surface area contributed by atoms with Crippen LogP contribution in [-0.4, -0.2) is 35.9 Å². The smallest absolute Gasteiger partial charge is 0.279 e. The normalized spacial score (nSPS) is 12.9. The predicted octanol–water partition coefficient (Wildman–Crippen LogP) is 8.95. The summed E-state index contributed by atoms with van der Waals surface area (Å²) in [5.41, 5.74) is 4.60. The summed E-state index contributed by atoms with van der Waals surface area (Å²) in [7, 11) is 0. The summed E-state index contributed by atoms with van der Waals surface area (Å²) in [5, 5.41) is 0. The van der Waals surface area contributed by atoms with E-state index < -0.39 is 5.91 Å². The summed E-state index contributed by atoms with van der Waals surface area (Å²) >= 11 is 0. The van der Waals surface area contributed by atoms with Crippen LogP contribution in [0.1, 0.15) is 65.9 Å². The number of benzene rings is 5. The van der Waals surface area contributed by atoms with Crippen molar-refractivity contribution in [1.29, 1.82) is 0 Å². The lowest BCUT2D eigenvalue weighted by Gasteiger charge is -2.18. The number of nitrogens with zero attached hydrogens (tertiary/aromatic N) is 4. The molecule has 5 aromatic carbocycles. The molecule has 0 atom stereocenters. The minimum atomic E-state index is -0.395. The molecule has 0 saturated carbocycles. The summed E-state index contributed by atoms with van der Waals surface area (Å²) in [4.78, 5) is 33.1. The van der Waals surface area contributed by atoms with Crippen LogP contribution in [0.25, 0.3) is 0 Å². The molecule has 0 saturated heterocycles. The van der Waals surface area contributed by atoms with Gasteiger partial charge in [-0.15, -0.1) is 0 Å². The number of aliphatic imine (C=N–C) groups is 4. The Bertz CT molecular complexity index is 1890. The van der Waals surface area contributed by atoms with Gasteiger partial charge in [0.15, 0.2) is 17.5 Å². The fourth-order valence-electron chi connectivity index (χ4n) is 4.69. The molecule has 0 N–H and O–H groups in total. The van der Waals surface area contributed by atoms with E-state index in [1.165, 1.54) is 0 Å². The molecule has 5 rings (SSSR count). The number of ether oxygens (including phenoxy) is 1. The highest BCUT2D eigenvalue weighted by Gasteiger charge is 2.17. The lowest BCUT2D eigenvalue weighted by Crippen LogP contribution is -2.14. The molecule has 0 aliphatic rings.